The van der Waals surface area contributed by atoms with Crippen molar-refractivity contribution < 1.29 is 51.5 Å². The molecule has 0 aliphatic rings. The first kappa shape index (κ1) is 30.9. The van der Waals surface area contributed by atoms with E-state index in [4.69, 9.17) is 0 Å². The summed E-state index contributed by atoms with van der Waals surface area (Å²) in [5.74, 6) is -1.14. The highest BCUT2D eigenvalue weighted by atomic mass is 32.2. The number of benzene rings is 2. The van der Waals surface area contributed by atoms with Gasteiger partial charge in [-0.3, -0.25) is 0 Å². The van der Waals surface area contributed by atoms with Crippen LogP contribution in [0.25, 0.3) is 21.8 Å². The van der Waals surface area contributed by atoms with E-state index in [1.165, 1.54) is 26.0 Å². The molecule has 39 heavy (non-hydrogen) atoms. The number of unbranched alkanes of at least 4 members (excludes halogenated alkanes) is 5. The van der Waals surface area contributed by atoms with Crippen LogP contribution < -0.4 is 8.37 Å². The number of halogens is 6. The van der Waals surface area contributed by atoms with Gasteiger partial charge in [-0.25, -0.2) is 0 Å². The third-order valence-corrected chi connectivity index (χ3v) is 8.09. The quantitative estimate of drug-likeness (QED) is 0.0994. The van der Waals surface area contributed by atoms with Gasteiger partial charge >= 0.3 is 31.3 Å². The lowest BCUT2D eigenvalue weighted by Crippen LogP contribution is -2.28. The maximum Gasteiger partial charge on any atom is 0.534 e. The van der Waals surface area contributed by atoms with Crippen LogP contribution in [0.1, 0.15) is 56.6 Å². The summed E-state index contributed by atoms with van der Waals surface area (Å²) in [5.41, 5.74) is -10.7. The normalized spacial score (nSPS) is 13.4. The van der Waals surface area contributed by atoms with Gasteiger partial charge in [0, 0.05) is 29.4 Å². The van der Waals surface area contributed by atoms with Crippen LogP contribution in [0.4, 0.5) is 26.3 Å². The molecule has 0 fully saturated rings. The van der Waals surface area contributed by atoms with E-state index in [-0.39, 0.29) is 28.7 Å². The van der Waals surface area contributed by atoms with Crippen LogP contribution in [-0.2, 0) is 26.8 Å². The lowest BCUT2D eigenvalue weighted by molar-refractivity contribution is -0.0505. The molecular formula is C24H27F6NO6S2. The fourth-order valence-electron chi connectivity index (χ4n) is 4.16. The number of rotatable bonds is 11. The minimum atomic E-state index is -5.96. The topological polar surface area (TPSA) is 91.7 Å². The summed E-state index contributed by atoms with van der Waals surface area (Å²) in [7, 11) is -11.9. The maximum atomic E-state index is 13.0. The average molecular weight is 604 g/mol. The van der Waals surface area contributed by atoms with Gasteiger partial charge in [0.25, 0.3) is 0 Å². The lowest BCUT2D eigenvalue weighted by Gasteiger charge is -2.13. The second kappa shape index (κ2) is 11.1. The van der Waals surface area contributed by atoms with Crippen LogP contribution in [0.3, 0.4) is 0 Å². The molecule has 15 heteroatoms. The molecule has 1 aromatic heterocycles. The van der Waals surface area contributed by atoms with Crippen molar-refractivity contribution in [3.05, 3.63) is 35.4 Å². The molecule has 2 aromatic carbocycles. The molecule has 0 amide bonds. The van der Waals surface area contributed by atoms with Gasteiger partial charge in [-0.1, -0.05) is 39.0 Å². The summed E-state index contributed by atoms with van der Waals surface area (Å²) in [4.78, 5) is 0. The third kappa shape index (κ3) is 6.56. The molecule has 1 heterocycles. The van der Waals surface area contributed by atoms with E-state index in [0.717, 1.165) is 44.2 Å². The number of aromatic nitrogens is 1. The Balaban J connectivity index is 2.18. The largest absolute Gasteiger partial charge is 0.534 e. The molecule has 0 saturated heterocycles. The van der Waals surface area contributed by atoms with Gasteiger partial charge in [-0.15, -0.1) is 0 Å². The minimum Gasteiger partial charge on any atom is -0.376 e. The first-order chi connectivity index (χ1) is 17.9. The first-order valence-electron chi connectivity index (χ1n) is 12.0. The molecule has 0 bridgehead atoms. The van der Waals surface area contributed by atoms with Crippen molar-refractivity contribution in [3.8, 4) is 11.5 Å². The van der Waals surface area contributed by atoms with Crippen LogP contribution in [-0.4, -0.2) is 32.4 Å². The predicted molar refractivity (Wildman–Crippen MR) is 133 cm³/mol. The highest BCUT2D eigenvalue weighted by Gasteiger charge is 2.49. The average Bonchev–Trinajstić information content (AvgIpc) is 3.06. The molecule has 3 rings (SSSR count). The molecule has 3 aromatic rings. The van der Waals surface area contributed by atoms with Crippen molar-refractivity contribution in [3.63, 3.8) is 0 Å². The van der Waals surface area contributed by atoms with Gasteiger partial charge in [0.2, 0.25) is 0 Å². The smallest absolute Gasteiger partial charge is 0.376 e. The summed E-state index contributed by atoms with van der Waals surface area (Å²) in [6.45, 7) is 5.00. The van der Waals surface area contributed by atoms with Crippen molar-refractivity contribution in [1.82, 2.24) is 4.57 Å². The molecule has 0 N–H and O–H groups in total. The fraction of sp³-hybridized carbons (Fsp3) is 0.500. The second-order valence-electron chi connectivity index (χ2n) is 9.16. The van der Waals surface area contributed by atoms with Crippen molar-refractivity contribution in [2.75, 3.05) is 0 Å². The molecule has 218 valence electrons. The van der Waals surface area contributed by atoms with E-state index < -0.39 is 42.8 Å². The molecule has 7 nitrogen and oxygen atoms in total. The Morgan fingerprint density at radius 2 is 1.05 bits per heavy atom. The SMILES string of the molecule is CCCCCCCCn1c2cc(OS(=O)(=O)C(F)(F)F)c(C)cc2c2cc(C)c(OS(=O)(=O)C(F)(F)F)cc21. The second-order valence-corrected chi connectivity index (χ2v) is 12.2. The Morgan fingerprint density at radius 1 is 0.667 bits per heavy atom. The lowest BCUT2D eigenvalue weighted by atomic mass is 10.1. The molecule has 0 spiro atoms. The standard InChI is InChI=1S/C24H27F6NO6S2/c1-4-5-6-7-8-9-10-31-19-13-21(36-38(32,33)23(25,26)27)15(2)11-17(19)18-12-16(3)22(14-20(18)31)37-39(34,35)24(28,29)30/h11-14H,4-10H2,1-3H3. The third-order valence-electron chi connectivity index (χ3n) is 6.16. The minimum absolute atomic E-state index is 0.0616. The van der Waals surface area contributed by atoms with Crippen LogP contribution in [0.15, 0.2) is 24.3 Å². The van der Waals surface area contributed by atoms with Gasteiger partial charge in [0.1, 0.15) is 11.5 Å². The van der Waals surface area contributed by atoms with Gasteiger partial charge < -0.3 is 12.9 Å². The van der Waals surface area contributed by atoms with E-state index in [9.17, 15) is 43.2 Å². The number of hydrogen-bond acceptors (Lipinski definition) is 6. The fourth-order valence-corrected chi connectivity index (χ4v) is 5.18. The predicted octanol–water partition coefficient (Wildman–Crippen LogP) is 7.23. The van der Waals surface area contributed by atoms with Crippen molar-refractivity contribution in [1.29, 1.82) is 0 Å². The van der Waals surface area contributed by atoms with Crippen molar-refractivity contribution >= 4 is 42.0 Å². The number of aryl methyl sites for hydroxylation is 3. The highest BCUT2D eigenvalue weighted by Crippen LogP contribution is 2.39. The Hall–Kier alpha value is -2.68. The Kier molecular flexibility index (Phi) is 8.75. The monoisotopic (exact) mass is 603 g/mol. The van der Waals surface area contributed by atoms with E-state index in [2.05, 4.69) is 15.3 Å². The van der Waals surface area contributed by atoms with E-state index in [0.29, 0.717) is 17.2 Å². The van der Waals surface area contributed by atoms with Crippen molar-refractivity contribution in [2.24, 2.45) is 0 Å². The van der Waals surface area contributed by atoms with E-state index in [1.54, 1.807) is 4.57 Å². The molecular weight excluding hydrogens is 576 g/mol. The molecule has 0 atom stereocenters. The summed E-state index contributed by atoms with van der Waals surface area (Å²) in [6.07, 6.45) is 5.31. The number of fused-ring (bicyclic) bond motifs is 3. The van der Waals surface area contributed by atoms with Crippen LogP contribution in [0.2, 0.25) is 0 Å². The van der Waals surface area contributed by atoms with Crippen LogP contribution >= 0.6 is 0 Å². The van der Waals surface area contributed by atoms with Gasteiger partial charge in [0.15, 0.2) is 0 Å². The first-order valence-corrected chi connectivity index (χ1v) is 14.8. The zero-order chi connectivity index (χ0) is 29.4. The maximum absolute atomic E-state index is 13.0. The number of hydrogen-bond donors (Lipinski definition) is 0. The molecule has 0 aliphatic carbocycles. The van der Waals surface area contributed by atoms with Crippen molar-refractivity contribution in [2.45, 2.75) is 76.9 Å². The van der Waals surface area contributed by atoms with E-state index >= 15 is 0 Å². The Labute approximate surface area is 221 Å². The zero-order valence-corrected chi connectivity index (χ0v) is 22.9. The molecule has 0 unspecified atom stereocenters. The van der Waals surface area contributed by atoms with Crippen LogP contribution in [0, 0.1) is 13.8 Å². The summed E-state index contributed by atoms with van der Waals surface area (Å²) < 4.78 is 135. The summed E-state index contributed by atoms with van der Waals surface area (Å²) in [6, 6.07) is 5.05. The van der Waals surface area contributed by atoms with E-state index in [1.807, 2.05) is 0 Å². The zero-order valence-electron chi connectivity index (χ0n) is 21.2. The number of nitrogens with zero attached hydrogens (tertiary/aromatic N) is 1. The summed E-state index contributed by atoms with van der Waals surface area (Å²) >= 11 is 0. The van der Waals surface area contributed by atoms with Gasteiger partial charge in [-0.2, -0.15) is 43.2 Å². The highest BCUT2D eigenvalue weighted by molar-refractivity contribution is 7.88. The molecule has 0 saturated carbocycles. The molecule has 0 aliphatic heterocycles. The Morgan fingerprint density at radius 3 is 1.44 bits per heavy atom. The van der Waals surface area contributed by atoms with Crippen LogP contribution in [0.5, 0.6) is 11.5 Å². The molecule has 0 radical (unpaired) electrons. The van der Waals surface area contributed by atoms with Gasteiger partial charge in [0.05, 0.1) is 11.0 Å². The van der Waals surface area contributed by atoms with Gasteiger partial charge in [-0.05, 0) is 43.5 Å². The Bertz CT molecular complexity index is 1470. The number of alkyl halides is 6. The summed E-state index contributed by atoms with van der Waals surface area (Å²) in [5, 5.41) is 0.914.